The van der Waals surface area contributed by atoms with E-state index in [-0.39, 0.29) is 0 Å². The summed E-state index contributed by atoms with van der Waals surface area (Å²) in [4.78, 5) is 0. The predicted octanol–water partition coefficient (Wildman–Crippen LogP) is 0.863. The molecule has 1 heterocycles. The highest BCUT2D eigenvalue weighted by atomic mass is 15.1. The van der Waals surface area contributed by atoms with Crippen molar-refractivity contribution in [3.05, 3.63) is 17.5 Å². The molecule has 11 heavy (non-hydrogen) atoms. The van der Waals surface area contributed by atoms with Crippen molar-refractivity contribution in [2.75, 3.05) is 6.54 Å². The Kier molecular flexibility index (Phi) is 3.11. The molecule has 3 nitrogen and oxygen atoms in total. The molecule has 1 aromatic rings. The maximum atomic E-state index is 5.44. The number of H-pyrrole nitrogens is 1. The molecule has 0 amide bonds. The Morgan fingerprint density at radius 2 is 2.36 bits per heavy atom. The summed E-state index contributed by atoms with van der Waals surface area (Å²) in [5.74, 6) is 0. The molecule has 0 unspecified atom stereocenters. The molecular weight excluding hydrogens is 138 g/mol. The van der Waals surface area contributed by atoms with Gasteiger partial charge in [-0.3, -0.25) is 5.10 Å². The van der Waals surface area contributed by atoms with E-state index in [0.717, 1.165) is 19.3 Å². The zero-order valence-electron chi connectivity index (χ0n) is 6.93. The van der Waals surface area contributed by atoms with E-state index >= 15 is 0 Å². The summed E-state index contributed by atoms with van der Waals surface area (Å²) in [6.45, 7) is 2.86. The third-order valence-electron chi connectivity index (χ3n) is 1.72. The van der Waals surface area contributed by atoms with Crippen molar-refractivity contribution < 1.29 is 0 Å². The SMILES string of the molecule is CCCc1cn[nH]c1CCN. The summed E-state index contributed by atoms with van der Waals surface area (Å²) in [7, 11) is 0. The Balaban J connectivity index is 2.62. The number of aryl methyl sites for hydroxylation is 1. The van der Waals surface area contributed by atoms with Gasteiger partial charge in [-0.25, -0.2) is 0 Å². The van der Waals surface area contributed by atoms with Gasteiger partial charge < -0.3 is 5.73 Å². The highest BCUT2D eigenvalue weighted by Crippen LogP contribution is 2.06. The van der Waals surface area contributed by atoms with Gasteiger partial charge in [-0.2, -0.15) is 5.10 Å². The smallest absolute Gasteiger partial charge is 0.0522 e. The first-order chi connectivity index (χ1) is 5.38. The third-order valence-corrected chi connectivity index (χ3v) is 1.72. The second kappa shape index (κ2) is 4.13. The second-order valence-electron chi connectivity index (χ2n) is 2.66. The van der Waals surface area contributed by atoms with Gasteiger partial charge in [0.2, 0.25) is 0 Å². The van der Waals surface area contributed by atoms with E-state index in [1.807, 2.05) is 6.20 Å². The van der Waals surface area contributed by atoms with Crippen LogP contribution in [0.1, 0.15) is 24.6 Å². The molecule has 62 valence electrons. The Hall–Kier alpha value is -0.830. The summed E-state index contributed by atoms with van der Waals surface area (Å²) in [6.07, 6.45) is 5.08. The first-order valence-corrected chi connectivity index (χ1v) is 4.09. The molecule has 0 saturated carbocycles. The molecule has 0 fully saturated rings. The van der Waals surface area contributed by atoms with Crippen LogP contribution in [0.15, 0.2) is 6.20 Å². The van der Waals surface area contributed by atoms with E-state index in [1.165, 1.54) is 11.3 Å². The minimum absolute atomic E-state index is 0.693. The van der Waals surface area contributed by atoms with Crippen molar-refractivity contribution in [3.63, 3.8) is 0 Å². The van der Waals surface area contributed by atoms with E-state index < -0.39 is 0 Å². The Morgan fingerprint density at radius 3 is 3.00 bits per heavy atom. The highest BCUT2D eigenvalue weighted by molar-refractivity contribution is 5.16. The average Bonchev–Trinajstić information content (AvgIpc) is 2.39. The van der Waals surface area contributed by atoms with Crippen LogP contribution >= 0.6 is 0 Å². The second-order valence-corrected chi connectivity index (χ2v) is 2.66. The number of aromatic nitrogens is 2. The highest BCUT2D eigenvalue weighted by Gasteiger charge is 2.01. The quantitative estimate of drug-likeness (QED) is 0.674. The summed E-state index contributed by atoms with van der Waals surface area (Å²) >= 11 is 0. The molecule has 0 saturated heterocycles. The normalized spacial score (nSPS) is 10.4. The van der Waals surface area contributed by atoms with Gasteiger partial charge in [0.05, 0.1) is 6.20 Å². The zero-order valence-corrected chi connectivity index (χ0v) is 6.93. The van der Waals surface area contributed by atoms with Gasteiger partial charge in [-0.05, 0) is 18.5 Å². The fraction of sp³-hybridized carbons (Fsp3) is 0.625. The van der Waals surface area contributed by atoms with Crippen LogP contribution in [0.5, 0.6) is 0 Å². The molecule has 0 radical (unpaired) electrons. The number of rotatable bonds is 4. The van der Waals surface area contributed by atoms with Gasteiger partial charge in [0.1, 0.15) is 0 Å². The molecule has 0 atom stereocenters. The van der Waals surface area contributed by atoms with Crippen LogP contribution in [0.3, 0.4) is 0 Å². The van der Waals surface area contributed by atoms with Crippen molar-refractivity contribution in [1.82, 2.24) is 10.2 Å². The standard InChI is InChI=1S/C8H15N3/c1-2-3-7-6-10-11-8(7)4-5-9/h6H,2-5,9H2,1H3,(H,10,11). The molecule has 0 aliphatic heterocycles. The number of aromatic amines is 1. The van der Waals surface area contributed by atoms with Crippen LogP contribution < -0.4 is 5.73 Å². The summed E-state index contributed by atoms with van der Waals surface area (Å²) < 4.78 is 0. The maximum absolute atomic E-state index is 5.44. The van der Waals surface area contributed by atoms with Crippen molar-refractivity contribution in [3.8, 4) is 0 Å². The molecular formula is C8H15N3. The van der Waals surface area contributed by atoms with Crippen LogP contribution in [0.4, 0.5) is 0 Å². The summed E-state index contributed by atoms with van der Waals surface area (Å²) in [5, 5.41) is 6.94. The van der Waals surface area contributed by atoms with E-state index in [2.05, 4.69) is 17.1 Å². The van der Waals surface area contributed by atoms with Crippen molar-refractivity contribution >= 4 is 0 Å². The van der Waals surface area contributed by atoms with Crippen molar-refractivity contribution in [1.29, 1.82) is 0 Å². The summed E-state index contributed by atoms with van der Waals surface area (Å²) in [5.41, 5.74) is 7.96. The predicted molar refractivity (Wildman–Crippen MR) is 45.3 cm³/mol. The van der Waals surface area contributed by atoms with Crippen LogP contribution in [-0.4, -0.2) is 16.7 Å². The first kappa shape index (κ1) is 8.27. The number of nitrogens with zero attached hydrogens (tertiary/aromatic N) is 1. The average molecular weight is 153 g/mol. The largest absolute Gasteiger partial charge is 0.330 e. The molecule has 3 N–H and O–H groups in total. The van der Waals surface area contributed by atoms with Crippen LogP contribution in [-0.2, 0) is 12.8 Å². The molecule has 3 heteroatoms. The minimum Gasteiger partial charge on any atom is -0.330 e. The molecule has 0 aliphatic rings. The minimum atomic E-state index is 0.693. The van der Waals surface area contributed by atoms with E-state index in [4.69, 9.17) is 5.73 Å². The van der Waals surface area contributed by atoms with Gasteiger partial charge in [0.25, 0.3) is 0 Å². The lowest BCUT2D eigenvalue weighted by molar-refractivity contribution is 0.859. The molecule has 0 aliphatic carbocycles. The number of nitrogens with two attached hydrogens (primary N) is 1. The first-order valence-electron chi connectivity index (χ1n) is 4.09. The number of hydrogen-bond donors (Lipinski definition) is 2. The Bertz CT molecular complexity index is 184. The Labute approximate surface area is 67.0 Å². The Morgan fingerprint density at radius 1 is 1.55 bits per heavy atom. The van der Waals surface area contributed by atoms with Gasteiger partial charge in [0, 0.05) is 12.1 Å². The van der Waals surface area contributed by atoms with E-state index in [0.29, 0.717) is 6.54 Å². The fourth-order valence-electron chi connectivity index (χ4n) is 1.18. The fourth-order valence-corrected chi connectivity index (χ4v) is 1.18. The van der Waals surface area contributed by atoms with Crippen LogP contribution in [0.25, 0.3) is 0 Å². The molecule has 0 bridgehead atoms. The lowest BCUT2D eigenvalue weighted by Crippen LogP contribution is -2.04. The van der Waals surface area contributed by atoms with Gasteiger partial charge in [-0.15, -0.1) is 0 Å². The van der Waals surface area contributed by atoms with Gasteiger partial charge >= 0.3 is 0 Å². The summed E-state index contributed by atoms with van der Waals surface area (Å²) in [6, 6.07) is 0. The number of hydrogen-bond acceptors (Lipinski definition) is 2. The topological polar surface area (TPSA) is 54.7 Å². The van der Waals surface area contributed by atoms with Crippen LogP contribution in [0.2, 0.25) is 0 Å². The molecule has 0 spiro atoms. The monoisotopic (exact) mass is 153 g/mol. The molecule has 1 aromatic heterocycles. The van der Waals surface area contributed by atoms with Crippen LogP contribution in [0, 0.1) is 0 Å². The van der Waals surface area contributed by atoms with E-state index in [9.17, 15) is 0 Å². The molecule has 1 rings (SSSR count). The van der Waals surface area contributed by atoms with Crippen molar-refractivity contribution in [2.24, 2.45) is 5.73 Å². The lowest BCUT2D eigenvalue weighted by atomic mass is 10.1. The zero-order chi connectivity index (χ0) is 8.10. The van der Waals surface area contributed by atoms with Crippen molar-refractivity contribution in [2.45, 2.75) is 26.2 Å². The third kappa shape index (κ3) is 2.05. The number of nitrogens with one attached hydrogen (secondary N) is 1. The molecule has 0 aromatic carbocycles. The lowest BCUT2D eigenvalue weighted by Gasteiger charge is -1.97. The maximum Gasteiger partial charge on any atom is 0.0522 e. The van der Waals surface area contributed by atoms with Gasteiger partial charge in [-0.1, -0.05) is 13.3 Å². The van der Waals surface area contributed by atoms with E-state index in [1.54, 1.807) is 0 Å². The van der Waals surface area contributed by atoms with Gasteiger partial charge in [0.15, 0.2) is 0 Å².